The summed E-state index contributed by atoms with van der Waals surface area (Å²) >= 11 is 4.05. The van der Waals surface area contributed by atoms with E-state index in [4.69, 9.17) is 4.74 Å². The van der Waals surface area contributed by atoms with Crippen molar-refractivity contribution in [2.45, 2.75) is 44.8 Å². The smallest absolute Gasteiger partial charge is 0.120 e. The third kappa shape index (κ3) is 2.71. The van der Waals surface area contributed by atoms with Gasteiger partial charge in [0, 0.05) is 18.9 Å². The van der Waals surface area contributed by atoms with Crippen molar-refractivity contribution in [1.29, 1.82) is 0 Å². The highest BCUT2D eigenvalue weighted by Gasteiger charge is 2.29. The number of nitrogens with one attached hydrogen (secondary N) is 1. The molecule has 88 valence electrons. The predicted molar refractivity (Wildman–Crippen MR) is 70.1 cm³/mol. The van der Waals surface area contributed by atoms with Crippen molar-refractivity contribution in [1.82, 2.24) is 4.72 Å². The van der Waals surface area contributed by atoms with E-state index in [0.717, 1.165) is 18.6 Å². The molecule has 0 amide bonds. The molecule has 0 aliphatic heterocycles. The third-order valence-electron chi connectivity index (χ3n) is 3.10. The van der Waals surface area contributed by atoms with Crippen LogP contribution < -0.4 is 9.46 Å². The van der Waals surface area contributed by atoms with Crippen LogP contribution in [0.4, 0.5) is 0 Å². The van der Waals surface area contributed by atoms with Crippen LogP contribution in [0.5, 0.6) is 5.75 Å². The molecule has 1 aromatic carbocycles. The van der Waals surface area contributed by atoms with Crippen molar-refractivity contribution >= 4 is 12.8 Å². The molecule has 0 saturated heterocycles. The van der Waals surface area contributed by atoms with Crippen LogP contribution in [-0.2, 0) is 0 Å². The highest BCUT2D eigenvalue weighted by molar-refractivity contribution is 7.78. The molecule has 0 heterocycles. The van der Waals surface area contributed by atoms with Gasteiger partial charge in [-0.1, -0.05) is 38.8 Å². The van der Waals surface area contributed by atoms with Crippen molar-refractivity contribution in [3.05, 3.63) is 29.8 Å². The molecular formula is C13H19NOS. The fraction of sp³-hybridized carbons (Fsp3) is 0.538. The molecule has 1 aliphatic rings. The van der Waals surface area contributed by atoms with E-state index in [0.29, 0.717) is 18.1 Å². The lowest BCUT2D eigenvalue weighted by atomic mass is 9.90. The molecule has 0 bridgehead atoms. The van der Waals surface area contributed by atoms with E-state index < -0.39 is 0 Å². The molecule has 16 heavy (non-hydrogen) atoms. The van der Waals surface area contributed by atoms with Gasteiger partial charge in [-0.05, 0) is 23.6 Å². The van der Waals surface area contributed by atoms with Crippen molar-refractivity contribution in [2.24, 2.45) is 0 Å². The fourth-order valence-corrected chi connectivity index (χ4v) is 2.12. The first-order valence-corrected chi connectivity index (χ1v) is 6.30. The Morgan fingerprint density at radius 1 is 1.38 bits per heavy atom. The third-order valence-corrected chi connectivity index (χ3v) is 3.47. The van der Waals surface area contributed by atoms with E-state index in [1.807, 2.05) is 6.07 Å². The molecule has 0 atom stereocenters. The summed E-state index contributed by atoms with van der Waals surface area (Å²) in [5, 5.41) is 0. The van der Waals surface area contributed by atoms with Crippen molar-refractivity contribution in [3.63, 3.8) is 0 Å². The first-order chi connectivity index (χ1) is 7.69. The molecule has 0 radical (unpaired) electrons. The van der Waals surface area contributed by atoms with Gasteiger partial charge >= 0.3 is 0 Å². The summed E-state index contributed by atoms with van der Waals surface area (Å²) in [4.78, 5) is 0. The zero-order chi connectivity index (χ0) is 11.5. The second-order valence-corrected chi connectivity index (χ2v) is 5.02. The van der Waals surface area contributed by atoms with Crippen LogP contribution in [-0.4, -0.2) is 12.1 Å². The Morgan fingerprint density at radius 2 is 2.12 bits per heavy atom. The van der Waals surface area contributed by atoms with Gasteiger partial charge in [-0.3, -0.25) is 4.72 Å². The summed E-state index contributed by atoms with van der Waals surface area (Å²) < 4.78 is 8.86. The van der Waals surface area contributed by atoms with E-state index in [9.17, 15) is 0 Å². The molecule has 1 aromatic rings. The Hall–Kier alpha value is -0.670. The molecule has 3 heteroatoms. The Bertz CT molecular complexity index is 348. The van der Waals surface area contributed by atoms with E-state index in [2.05, 4.69) is 49.6 Å². The molecule has 1 N–H and O–H groups in total. The van der Waals surface area contributed by atoms with Crippen molar-refractivity contribution in [2.75, 3.05) is 0 Å². The Morgan fingerprint density at radius 3 is 2.75 bits per heavy atom. The normalized spacial score (nSPS) is 24.2. The molecule has 2 rings (SSSR count). The average Bonchev–Trinajstić information content (AvgIpc) is 2.23. The van der Waals surface area contributed by atoms with Crippen LogP contribution in [0.15, 0.2) is 24.3 Å². The topological polar surface area (TPSA) is 21.3 Å². The summed E-state index contributed by atoms with van der Waals surface area (Å²) in [5.41, 5.74) is 1.33. The minimum Gasteiger partial charge on any atom is -0.490 e. The van der Waals surface area contributed by atoms with E-state index >= 15 is 0 Å². The van der Waals surface area contributed by atoms with Gasteiger partial charge < -0.3 is 4.74 Å². The Balaban J connectivity index is 1.92. The molecule has 0 unspecified atom stereocenters. The number of benzene rings is 1. The lowest BCUT2D eigenvalue weighted by Gasteiger charge is -2.34. The minimum absolute atomic E-state index is 0.354. The summed E-state index contributed by atoms with van der Waals surface area (Å²) in [6, 6.07) is 8.91. The number of hydrogen-bond acceptors (Lipinski definition) is 3. The van der Waals surface area contributed by atoms with Crippen LogP contribution >= 0.6 is 12.8 Å². The van der Waals surface area contributed by atoms with E-state index in [1.54, 1.807) is 0 Å². The quantitative estimate of drug-likeness (QED) is 0.785. The molecule has 1 saturated carbocycles. The van der Waals surface area contributed by atoms with Crippen molar-refractivity contribution < 1.29 is 4.74 Å². The van der Waals surface area contributed by atoms with Crippen LogP contribution in [0, 0.1) is 0 Å². The number of thiol groups is 1. The first kappa shape index (κ1) is 11.8. The monoisotopic (exact) mass is 237 g/mol. The van der Waals surface area contributed by atoms with Gasteiger partial charge in [0.15, 0.2) is 0 Å². The summed E-state index contributed by atoms with van der Waals surface area (Å²) in [6.07, 6.45) is 2.46. The average molecular weight is 237 g/mol. The van der Waals surface area contributed by atoms with Crippen LogP contribution in [0.1, 0.15) is 38.2 Å². The molecule has 0 aromatic heterocycles. The summed E-state index contributed by atoms with van der Waals surface area (Å²) in [7, 11) is 0. The first-order valence-electron chi connectivity index (χ1n) is 5.85. The minimum atomic E-state index is 0.354. The lowest BCUT2D eigenvalue weighted by molar-refractivity contribution is 0.0957. The van der Waals surface area contributed by atoms with Gasteiger partial charge in [0.05, 0.1) is 0 Å². The second kappa shape index (κ2) is 5.11. The van der Waals surface area contributed by atoms with Gasteiger partial charge in [-0.2, -0.15) is 0 Å². The molecular weight excluding hydrogens is 218 g/mol. The fourth-order valence-electron chi connectivity index (χ4n) is 1.91. The molecule has 1 fully saturated rings. The molecule has 2 nitrogen and oxygen atoms in total. The van der Waals surface area contributed by atoms with E-state index in [-0.39, 0.29) is 0 Å². The largest absolute Gasteiger partial charge is 0.490 e. The van der Waals surface area contributed by atoms with Crippen LogP contribution in [0.3, 0.4) is 0 Å². The Labute approximate surface area is 103 Å². The van der Waals surface area contributed by atoms with E-state index in [1.165, 1.54) is 5.56 Å². The summed E-state index contributed by atoms with van der Waals surface area (Å²) in [5.74, 6) is 1.55. The molecule has 0 spiro atoms. The van der Waals surface area contributed by atoms with Gasteiger partial charge in [0.2, 0.25) is 0 Å². The van der Waals surface area contributed by atoms with Gasteiger partial charge in [-0.15, -0.1) is 0 Å². The number of ether oxygens (including phenoxy) is 1. The predicted octanol–water partition coefficient (Wildman–Crippen LogP) is 3.15. The van der Waals surface area contributed by atoms with Crippen LogP contribution in [0.25, 0.3) is 0 Å². The zero-order valence-corrected chi connectivity index (χ0v) is 10.7. The number of hydrogen-bond donors (Lipinski definition) is 2. The molecule has 1 aliphatic carbocycles. The van der Waals surface area contributed by atoms with Gasteiger partial charge in [0.1, 0.15) is 11.9 Å². The van der Waals surface area contributed by atoms with Gasteiger partial charge in [0.25, 0.3) is 0 Å². The lowest BCUT2D eigenvalue weighted by Crippen LogP contribution is -2.43. The standard InChI is InChI=1S/C13H19NOS/c1-9(2)10-4-3-5-12(6-10)15-13-7-11(8-13)14-16/h3-6,9,11,13-14,16H,7-8H2,1-2H3/t11-,13-. The maximum Gasteiger partial charge on any atom is 0.120 e. The maximum absolute atomic E-state index is 5.90. The highest BCUT2D eigenvalue weighted by Crippen LogP contribution is 2.27. The van der Waals surface area contributed by atoms with Gasteiger partial charge in [-0.25, -0.2) is 0 Å². The SMILES string of the molecule is CC(C)c1cccc(O[C@H]2C[C@H](NS)C2)c1. The number of rotatable bonds is 4. The maximum atomic E-state index is 5.90. The highest BCUT2D eigenvalue weighted by atomic mass is 32.1. The van der Waals surface area contributed by atoms with Crippen LogP contribution in [0.2, 0.25) is 0 Å². The Kier molecular flexibility index (Phi) is 3.77. The van der Waals surface area contributed by atoms with Crippen molar-refractivity contribution in [3.8, 4) is 5.75 Å². The zero-order valence-electron chi connectivity index (χ0n) is 9.81. The second-order valence-electron chi connectivity index (χ2n) is 4.76. The summed E-state index contributed by atoms with van der Waals surface area (Å²) in [6.45, 7) is 4.40.